The van der Waals surface area contributed by atoms with Gasteiger partial charge in [-0.1, -0.05) is 0 Å². The van der Waals surface area contributed by atoms with Gasteiger partial charge in [-0.05, 0) is 42.5 Å². The second-order valence-corrected chi connectivity index (χ2v) is 9.18. The van der Waals surface area contributed by atoms with Crippen LogP contribution in [0.5, 0.6) is 0 Å². The van der Waals surface area contributed by atoms with Crippen molar-refractivity contribution in [3.05, 3.63) is 41.9 Å². The van der Waals surface area contributed by atoms with Crippen molar-refractivity contribution < 1.29 is 17.9 Å². The summed E-state index contributed by atoms with van der Waals surface area (Å²) in [6, 6.07) is 3.50. The standard InChI is InChI=1S/C19H24N4O4S/c1-28(25,26)7-3-6-27-13-14-8-16(11-21-10-14)17-9-15-4-2-5-23(19(20)24)18(15)22-12-17/h8-12H,2-7,13H2,1H3,(H2,20,24). The molecule has 0 fully saturated rings. The minimum absolute atomic E-state index is 0.119. The maximum absolute atomic E-state index is 11.6. The number of carbonyl (C=O) groups is 1. The number of carbonyl (C=O) groups excluding carboxylic acids is 1. The third-order valence-corrected chi connectivity index (χ3v) is 5.52. The number of hydrogen-bond acceptors (Lipinski definition) is 6. The van der Waals surface area contributed by atoms with Gasteiger partial charge in [0.25, 0.3) is 0 Å². The van der Waals surface area contributed by atoms with E-state index in [0.717, 1.165) is 35.1 Å². The molecule has 0 atom stereocenters. The lowest BCUT2D eigenvalue weighted by molar-refractivity contribution is 0.121. The molecule has 28 heavy (non-hydrogen) atoms. The minimum Gasteiger partial charge on any atom is -0.377 e. The smallest absolute Gasteiger partial charge is 0.320 e. The Kier molecular flexibility index (Phi) is 6.25. The molecule has 1 aliphatic rings. The molecule has 0 aromatic carbocycles. The fourth-order valence-corrected chi connectivity index (χ4v) is 3.82. The summed E-state index contributed by atoms with van der Waals surface area (Å²) in [6.45, 7) is 1.32. The lowest BCUT2D eigenvalue weighted by atomic mass is 10.0. The van der Waals surface area contributed by atoms with Crippen LogP contribution in [0.4, 0.5) is 10.6 Å². The Morgan fingerprint density at radius 2 is 2.04 bits per heavy atom. The Morgan fingerprint density at radius 1 is 1.25 bits per heavy atom. The molecule has 0 radical (unpaired) electrons. The fraction of sp³-hybridized carbons (Fsp3) is 0.421. The van der Waals surface area contributed by atoms with Gasteiger partial charge >= 0.3 is 6.03 Å². The van der Waals surface area contributed by atoms with Crippen molar-refractivity contribution in [1.29, 1.82) is 0 Å². The Bertz CT molecular complexity index is 962. The van der Waals surface area contributed by atoms with Gasteiger partial charge in [0.1, 0.15) is 15.7 Å². The lowest BCUT2D eigenvalue weighted by Gasteiger charge is -2.26. The molecule has 0 bridgehead atoms. The molecule has 1 aliphatic heterocycles. The number of sulfone groups is 1. The molecule has 9 heteroatoms. The van der Waals surface area contributed by atoms with Gasteiger partial charge in [0.15, 0.2) is 0 Å². The van der Waals surface area contributed by atoms with E-state index in [1.54, 1.807) is 18.6 Å². The first-order chi connectivity index (χ1) is 13.3. The topological polar surface area (TPSA) is 115 Å². The zero-order valence-corrected chi connectivity index (χ0v) is 16.6. The van der Waals surface area contributed by atoms with Gasteiger partial charge in [-0.3, -0.25) is 9.88 Å². The van der Waals surface area contributed by atoms with Crippen LogP contribution < -0.4 is 10.6 Å². The summed E-state index contributed by atoms with van der Waals surface area (Å²) in [7, 11) is -2.96. The number of urea groups is 1. The summed E-state index contributed by atoms with van der Waals surface area (Å²) in [5.74, 6) is 0.745. The predicted molar refractivity (Wildman–Crippen MR) is 107 cm³/mol. The Labute approximate surface area is 164 Å². The number of anilines is 1. The normalized spacial score (nSPS) is 14.0. The predicted octanol–water partition coefficient (Wildman–Crippen LogP) is 1.93. The third kappa shape index (κ3) is 5.26. The van der Waals surface area contributed by atoms with Gasteiger partial charge in [0.05, 0.1) is 12.4 Å². The number of nitrogens with two attached hydrogens (primary N) is 1. The highest BCUT2D eigenvalue weighted by molar-refractivity contribution is 7.90. The zero-order chi connectivity index (χ0) is 20.1. The highest BCUT2D eigenvalue weighted by Gasteiger charge is 2.22. The first-order valence-corrected chi connectivity index (χ1v) is 11.2. The SMILES string of the molecule is CS(=O)(=O)CCCOCc1cncc(-c2cnc3c(c2)CCCN3C(N)=O)c1. The molecule has 150 valence electrons. The molecule has 2 N–H and O–H groups in total. The van der Waals surface area contributed by atoms with E-state index in [4.69, 9.17) is 10.5 Å². The number of aryl methyl sites for hydroxylation is 1. The minimum atomic E-state index is -2.96. The van der Waals surface area contributed by atoms with E-state index in [0.29, 0.717) is 32.0 Å². The van der Waals surface area contributed by atoms with E-state index in [9.17, 15) is 13.2 Å². The molecule has 0 saturated carbocycles. The van der Waals surface area contributed by atoms with E-state index in [1.807, 2.05) is 12.1 Å². The number of rotatable bonds is 7. The van der Waals surface area contributed by atoms with Crippen molar-refractivity contribution >= 4 is 21.7 Å². The molecule has 3 rings (SSSR count). The quantitative estimate of drug-likeness (QED) is 0.705. The van der Waals surface area contributed by atoms with Crippen molar-refractivity contribution in [2.45, 2.75) is 25.9 Å². The number of aromatic nitrogens is 2. The van der Waals surface area contributed by atoms with Crippen LogP contribution >= 0.6 is 0 Å². The largest absolute Gasteiger partial charge is 0.377 e. The number of pyridine rings is 2. The van der Waals surface area contributed by atoms with Gasteiger partial charge in [-0.15, -0.1) is 0 Å². The zero-order valence-electron chi connectivity index (χ0n) is 15.8. The molecular formula is C19H24N4O4S. The van der Waals surface area contributed by atoms with E-state index >= 15 is 0 Å². The second kappa shape index (κ2) is 8.66. The van der Waals surface area contributed by atoms with Crippen LogP contribution in [0, 0.1) is 0 Å². The van der Waals surface area contributed by atoms with Crippen molar-refractivity contribution in [2.75, 3.05) is 30.1 Å². The third-order valence-electron chi connectivity index (χ3n) is 4.49. The van der Waals surface area contributed by atoms with Crippen molar-refractivity contribution in [3.8, 4) is 11.1 Å². The van der Waals surface area contributed by atoms with Gasteiger partial charge in [0, 0.05) is 49.1 Å². The maximum atomic E-state index is 11.6. The Morgan fingerprint density at radius 3 is 2.79 bits per heavy atom. The molecule has 3 heterocycles. The van der Waals surface area contributed by atoms with Crippen molar-refractivity contribution in [2.24, 2.45) is 5.73 Å². The van der Waals surface area contributed by atoms with E-state index in [1.165, 1.54) is 11.2 Å². The lowest BCUT2D eigenvalue weighted by Crippen LogP contribution is -2.40. The number of primary amides is 1. The average Bonchev–Trinajstić information content (AvgIpc) is 2.66. The summed E-state index contributed by atoms with van der Waals surface area (Å²) in [5.41, 5.74) is 9.14. The molecule has 0 unspecified atom stereocenters. The van der Waals surface area contributed by atoms with Crippen molar-refractivity contribution in [3.63, 3.8) is 0 Å². The molecule has 8 nitrogen and oxygen atoms in total. The van der Waals surface area contributed by atoms with Gasteiger partial charge in [0.2, 0.25) is 0 Å². The highest BCUT2D eigenvalue weighted by atomic mass is 32.2. The molecule has 0 spiro atoms. The van der Waals surface area contributed by atoms with E-state index in [2.05, 4.69) is 9.97 Å². The molecule has 2 aromatic rings. The molecule has 0 saturated heterocycles. The summed E-state index contributed by atoms with van der Waals surface area (Å²) < 4.78 is 27.8. The van der Waals surface area contributed by atoms with Crippen LogP contribution in [0.2, 0.25) is 0 Å². The molecular weight excluding hydrogens is 380 g/mol. The summed E-state index contributed by atoms with van der Waals surface area (Å²) in [6.07, 6.45) is 8.57. The summed E-state index contributed by atoms with van der Waals surface area (Å²) >= 11 is 0. The van der Waals surface area contributed by atoms with Crippen LogP contribution in [-0.2, 0) is 27.6 Å². The van der Waals surface area contributed by atoms with Gasteiger partial charge < -0.3 is 10.5 Å². The van der Waals surface area contributed by atoms with Gasteiger partial charge in [-0.2, -0.15) is 0 Å². The average molecular weight is 404 g/mol. The molecule has 2 amide bonds. The van der Waals surface area contributed by atoms with Gasteiger partial charge in [-0.25, -0.2) is 18.2 Å². The maximum Gasteiger partial charge on any atom is 0.320 e. The highest BCUT2D eigenvalue weighted by Crippen LogP contribution is 2.29. The Balaban J connectivity index is 1.68. The molecule has 0 aliphatic carbocycles. The Hall–Kier alpha value is -2.52. The van der Waals surface area contributed by atoms with Crippen LogP contribution in [0.3, 0.4) is 0 Å². The number of fused-ring (bicyclic) bond motifs is 1. The number of nitrogens with zero attached hydrogens (tertiary/aromatic N) is 3. The number of amides is 2. The van der Waals surface area contributed by atoms with Crippen LogP contribution in [-0.4, -0.2) is 49.6 Å². The first-order valence-electron chi connectivity index (χ1n) is 9.09. The monoisotopic (exact) mass is 404 g/mol. The first kappa shape index (κ1) is 20.2. The molecule has 2 aromatic heterocycles. The number of ether oxygens (including phenoxy) is 1. The second-order valence-electron chi connectivity index (χ2n) is 6.92. The number of hydrogen-bond donors (Lipinski definition) is 1. The van der Waals surface area contributed by atoms with E-state index < -0.39 is 15.9 Å². The fourth-order valence-electron chi connectivity index (χ4n) is 3.17. The van der Waals surface area contributed by atoms with Crippen molar-refractivity contribution in [1.82, 2.24) is 9.97 Å². The summed E-state index contributed by atoms with van der Waals surface area (Å²) in [4.78, 5) is 21.8. The van der Waals surface area contributed by atoms with Crippen LogP contribution in [0.15, 0.2) is 30.7 Å². The van der Waals surface area contributed by atoms with Crippen LogP contribution in [0.1, 0.15) is 24.0 Å². The van der Waals surface area contributed by atoms with E-state index in [-0.39, 0.29) is 5.75 Å². The summed E-state index contributed by atoms with van der Waals surface area (Å²) in [5, 5.41) is 0. The van der Waals surface area contributed by atoms with Crippen LogP contribution in [0.25, 0.3) is 11.1 Å².